The van der Waals surface area contributed by atoms with E-state index < -0.39 is 0 Å². The van der Waals surface area contributed by atoms with Gasteiger partial charge < -0.3 is 10.9 Å². The minimum atomic E-state index is 0.390. The highest BCUT2D eigenvalue weighted by molar-refractivity contribution is 4.99. The van der Waals surface area contributed by atoms with Gasteiger partial charge in [0.2, 0.25) is 0 Å². The summed E-state index contributed by atoms with van der Waals surface area (Å²) in [5.74, 6) is 2.87. The molecule has 7 unspecified atom stereocenters. The zero-order valence-electron chi connectivity index (χ0n) is 17.6. The average Bonchev–Trinajstić information content (AvgIpc) is 3.18. The van der Waals surface area contributed by atoms with Gasteiger partial charge >= 0.3 is 0 Å². The third-order valence-corrected chi connectivity index (χ3v) is 7.17. The molecule has 0 spiro atoms. The molecular weight excluding hydrogens is 324 g/mol. The van der Waals surface area contributed by atoms with Crippen molar-refractivity contribution in [2.24, 2.45) is 29.4 Å². The van der Waals surface area contributed by atoms with Gasteiger partial charge in [0.1, 0.15) is 0 Å². The molecule has 2 aliphatic carbocycles. The first-order valence-electron chi connectivity index (χ1n) is 11.3. The van der Waals surface area contributed by atoms with Crippen LogP contribution >= 0.6 is 0 Å². The quantitative estimate of drug-likeness (QED) is 0.570. The predicted octanol–water partition coefficient (Wildman–Crippen LogP) is 3.53. The molecule has 4 rings (SSSR count). The Labute approximate surface area is 161 Å². The van der Waals surface area contributed by atoms with Crippen LogP contribution in [0.1, 0.15) is 79.1 Å². The molecule has 5 heteroatoms. The Morgan fingerprint density at radius 1 is 0.962 bits per heavy atom. The smallest absolute Gasteiger partial charge is 0.0387 e. The van der Waals surface area contributed by atoms with E-state index in [0.717, 1.165) is 31.3 Å². The molecule has 154 valence electrons. The van der Waals surface area contributed by atoms with E-state index >= 15 is 0 Å². The number of nitrogens with zero attached hydrogens (tertiary/aromatic N) is 1. The summed E-state index contributed by atoms with van der Waals surface area (Å²) in [5.41, 5.74) is 11.9. The maximum absolute atomic E-state index is 10.6. The summed E-state index contributed by atoms with van der Waals surface area (Å²) in [7, 11) is 0. The molecule has 0 amide bonds. The van der Waals surface area contributed by atoms with Crippen LogP contribution in [0.4, 0.5) is 0 Å². The Morgan fingerprint density at radius 3 is 2.23 bits per heavy atom. The number of hydroxylamine groups is 2. The van der Waals surface area contributed by atoms with Gasteiger partial charge in [-0.05, 0) is 75.7 Å². The van der Waals surface area contributed by atoms with Crippen molar-refractivity contribution in [1.82, 2.24) is 15.9 Å². The Hall–Kier alpha value is -0.200. The summed E-state index contributed by atoms with van der Waals surface area (Å²) in [6.07, 6.45) is 10.1. The highest BCUT2D eigenvalue weighted by Crippen LogP contribution is 2.48. The summed E-state index contributed by atoms with van der Waals surface area (Å²) < 4.78 is 0. The van der Waals surface area contributed by atoms with E-state index in [1.165, 1.54) is 44.9 Å². The van der Waals surface area contributed by atoms with Crippen LogP contribution in [0.5, 0.6) is 0 Å². The van der Waals surface area contributed by atoms with Crippen molar-refractivity contribution in [3.63, 3.8) is 0 Å². The second-order valence-electron chi connectivity index (χ2n) is 8.66. The lowest BCUT2D eigenvalue weighted by molar-refractivity contribution is -0.240. The molecule has 2 aliphatic heterocycles. The first kappa shape index (κ1) is 22.1. The van der Waals surface area contributed by atoms with Gasteiger partial charge in [-0.3, -0.25) is 10.9 Å². The van der Waals surface area contributed by atoms with E-state index in [2.05, 4.69) is 24.7 Å². The van der Waals surface area contributed by atoms with Gasteiger partial charge in [-0.1, -0.05) is 33.6 Å². The molecule has 2 saturated heterocycles. The van der Waals surface area contributed by atoms with Crippen LogP contribution in [0.15, 0.2) is 0 Å². The lowest BCUT2D eigenvalue weighted by Gasteiger charge is -2.55. The molecule has 5 N–H and O–H groups in total. The van der Waals surface area contributed by atoms with Crippen LogP contribution in [-0.4, -0.2) is 41.5 Å². The van der Waals surface area contributed by atoms with Gasteiger partial charge in [0.25, 0.3) is 0 Å². The number of piperidine rings is 1. The molecule has 0 bridgehead atoms. The van der Waals surface area contributed by atoms with Gasteiger partial charge in [-0.15, -0.1) is 0 Å². The van der Waals surface area contributed by atoms with Crippen molar-refractivity contribution >= 4 is 0 Å². The first-order valence-corrected chi connectivity index (χ1v) is 11.3. The van der Waals surface area contributed by atoms with E-state index in [4.69, 9.17) is 5.73 Å². The van der Waals surface area contributed by atoms with Crippen molar-refractivity contribution in [3.8, 4) is 0 Å². The fourth-order valence-electron chi connectivity index (χ4n) is 5.64. The monoisotopic (exact) mass is 368 g/mol. The maximum Gasteiger partial charge on any atom is 0.0387 e. The van der Waals surface area contributed by atoms with Crippen LogP contribution < -0.4 is 16.6 Å². The van der Waals surface area contributed by atoms with Gasteiger partial charge in [0.05, 0.1) is 0 Å². The van der Waals surface area contributed by atoms with Crippen LogP contribution in [0, 0.1) is 23.7 Å². The molecule has 0 aromatic rings. The SMILES string of the molecule is CC.CC1C2CCCCC2N(O)C2CC(CN)CCC12.CC1CCNN1. The topological polar surface area (TPSA) is 73.5 Å². The lowest BCUT2D eigenvalue weighted by Crippen LogP contribution is -2.59. The largest absolute Gasteiger partial charge is 0.330 e. The minimum absolute atomic E-state index is 0.390. The third-order valence-electron chi connectivity index (χ3n) is 7.17. The van der Waals surface area contributed by atoms with E-state index in [-0.39, 0.29) is 0 Å². The molecule has 26 heavy (non-hydrogen) atoms. The fraction of sp³-hybridized carbons (Fsp3) is 1.00. The van der Waals surface area contributed by atoms with Crippen molar-refractivity contribution in [2.45, 2.75) is 97.2 Å². The molecule has 2 heterocycles. The summed E-state index contributed by atoms with van der Waals surface area (Å²) in [5, 5.41) is 12.4. The summed E-state index contributed by atoms with van der Waals surface area (Å²) in [4.78, 5) is 0. The second kappa shape index (κ2) is 11.0. The van der Waals surface area contributed by atoms with E-state index in [1.54, 1.807) is 5.06 Å². The zero-order chi connectivity index (χ0) is 19.1. The Bertz CT molecular complexity index is 388. The zero-order valence-corrected chi connectivity index (χ0v) is 17.6. The number of nitrogens with one attached hydrogen (secondary N) is 2. The molecule has 4 aliphatic rings. The first-order chi connectivity index (χ1) is 12.6. The minimum Gasteiger partial charge on any atom is -0.330 e. The molecule has 4 fully saturated rings. The van der Waals surface area contributed by atoms with Crippen molar-refractivity contribution < 1.29 is 5.21 Å². The summed E-state index contributed by atoms with van der Waals surface area (Å²) >= 11 is 0. The molecule has 2 saturated carbocycles. The Balaban J connectivity index is 0.000000256. The number of rotatable bonds is 1. The molecule has 0 radical (unpaired) electrons. The summed E-state index contributed by atoms with van der Waals surface area (Å²) in [6, 6.07) is 1.51. The van der Waals surface area contributed by atoms with Crippen LogP contribution in [-0.2, 0) is 0 Å². The number of hydrogen-bond donors (Lipinski definition) is 4. The molecule has 7 atom stereocenters. The second-order valence-corrected chi connectivity index (χ2v) is 8.66. The average molecular weight is 369 g/mol. The number of hydrazine groups is 1. The van der Waals surface area contributed by atoms with Crippen molar-refractivity contribution in [3.05, 3.63) is 0 Å². The summed E-state index contributed by atoms with van der Waals surface area (Å²) in [6.45, 7) is 10.5. The van der Waals surface area contributed by atoms with Crippen LogP contribution in [0.2, 0.25) is 0 Å². The van der Waals surface area contributed by atoms with E-state index in [1.807, 2.05) is 13.8 Å². The third kappa shape index (κ3) is 5.20. The number of nitrogens with two attached hydrogens (primary N) is 1. The maximum atomic E-state index is 10.6. The van der Waals surface area contributed by atoms with Gasteiger partial charge in [0.15, 0.2) is 0 Å². The molecular formula is C21H44N4O. The fourth-order valence-corrected chi connectivity index (χ4v) is 5.64. The highest BCUT2D eigenvalue weighted by Gasteiger charge is 2.49. The Kier molecular flexibility index (Phi) is 9.31. The predicted molar refractivity (Wildman–Crippen MR) is 109 cm³/mol. The number of hydrogen-bond acceptors (Lipinski definition) is 5. The molecule has 0 aromatic carbocycles. The van der Waals surface area contributed by atoms with Crippen LogP contribution in [0.25, 0.3) is 0 Å². The molecule has 0 aromatic heterocycles. The molecule has 5 nitrogen and oxygen atoms in total. The Morgan fingerprint density at radius 2 is 1.65 bits per heavy atom. The lowest BCUT2D eigenvalue weighted by atomic mass is 9.61. The number of fused-ring (bicyclic) bond motifs is 2. The van der Waals surface area contributed by atoms with Gasteiger partial charge in [0, 0.05) is 24.7 Å². The van der Waals surface area contributed by atoms with Crippen LogP contribution in [0.3, 0.4) is 0 Å². The normalized spacial score (nSPS) is 42.5. The highest BCUT2D eigenvalue weighted by atomic mass is 16.5. The van der Waals surface area contributed by atoms with Gasteiger partial charge in [-0.2, -0.15) is 5.06 Å². The van der Waals surface area contributed by atoms with Crippen molar-refractivity contribution in [2.75, 3.05) is 13.1 Å². The van der Waals surface area contributed by atoms with Gasteiger partial charge in [-0.25, -0.2) is 0 Å². The standard InChI is InChI=1S/C15H28N2O.C4H10N2.C2H6/c1-10-12-4-2-3-5-14(12)17(18)15-8-11(9-16)6-7-13(10)15;1-4-2-3-5-6-4;1-2/h10-15,18H,2-9,16H2,1H3;4-6H,2-3H2,1H3;1-2H3. The van der Waals surface area contributed by atoms with Crippen molar-refractivity contribution in [1.29, 1.82) is 0 Å². The van der Waals surface area contributed by atoms with E-state index in [0.29, 0.717) is 30.0 Å². The van der Waals surface area contributed by atoms with E-state index in [9.17, 15) is 5.21 Å².